The Morgan fingerprint density at radius 1 is 1.25 bits per heavy atom. The van der Waals surface area contributed by atoms with E-state index in [4.69, 9.17) is 5.73 Å². The molecular weight excluding hydrogens is 306 g/mol. The molecule has 0 atom stereocenters. The number of rotatable bonds is 4. The molecule has 1 aliphatic heterocycles. The quantitative estimate of drug-likeness (QED) is 0.729. The van der Waals surface area contributed by atoms with Gasteiger partial charge in [0.15, 0.2) is 11.6 Å². The summed E-state index contributed by atoms with van der Waals surface area (Å²) in [5, 5.41) is 0. The van der Waals surface area contributed by atoms with Gasteiger partial charge in [-0.05, 0) is 30.9 Å². The fraction of sp³-hybridized carbons (Fsp3) is 0.375. The zero-order valence-corrected chi connectivity index (χ0v) is 13.6. The average molecular weight is 327 g/mol. The second kappa shape index (κ2) is 7.12. The molecule has 8 heteroatoms. The predicted molar refractivity (Wildman–Crippen MR) is 92.4 cm³/mol. The van der Waals surface area contributed by atoms with Gasteiger partial charge in [0.05, 0.1) is 0 Å². The van der Waals surface area contributed by atoms with Gasteiger partial charge in [-0.1, -0.05) is 13.0 Å². The number of hydrogen-bond acceptors (Lipinski definition) is 7. The molecule has 0 spiro atoms. The number of carbonyl (C=O) groups is 1. The number of amides is 1. The average Bonchev–Trinajstić information content (AvgIpc) is 2.62. The molecule has 0 saturated carbocycles. The molecule has 2 aromatic rings. The summed E-state index contributed by atoms with van der Waals surface area (Å²) in [6.45, 7) is 4.09. The van der Waals surface area contributed by atoms with Crippen molar-refractivity contribution in [3.63, 3.8) is 0 Å². The molecule has 1 fully saturated rings. The summed E-state index contributed by atoms with van der Waals surface area (Å²) in [7, 11) is 0. The van der Waals surface area contributed by atoms with E-state index in [2.05, 4.69) is 37.6 Å². The summed E-state index contributed by atoms with van der Waals surface area (Å²) in [5.41, 5.74) is 12.2. The Labute approximate surface area is 140 Å². The molecule has 24 heavy (non-hydrogen) atoms. The summed E-state index contributed by atoms with van der Waals surface area (Å²) in [4.78, 5) is 26.6. The van der Waals surface area contributed by atoms with Crippen molar-refractivity contribution in [2.75, 3.05) is 29.1 Å². The molecule has 0 aliphatic carbocycles. The third kappa shape index (κ3) is 3.53. The van der Waals surface area contributed by atoms with Gasteiger partial charge in [-0.25, -0.2) is 9.97 Å². The zero-order chi connectivity index (χ0) is 16.9. The van der Waals surface area contributed by atoms with Crippen molar-refractivity contribution in [1.29, 1.82) is 0 Å². The van der Waals surface area contributed by atoms with Crippen LogP contribution in [0.2, 0.25) is 0 Å². The van der Waals surface area contributed by atoms with E-state index in [1.165, 1.54) is 6.33 Å². The third-order valence-electron chi connectivity index (χ3n) is 4.14. The van der Waals surface area contributed by atoms with Gasteiger partial charge >= 0.3 is 0 Å². The van der Waals surface area contributed by atoms with Gasteiger partial charge < -0.3 is 10.6 Å². The number of nitrogens with zero attached hydrogens (tertiary/aromatic N) is 4. The number of nitrogens with two attached hydrogens (primary N) is 1. The predicted octanol–water partition coefficient (Wildman–Crippen LogP) is 1.45. The van der Waals surface area contributed by atoms with Crippen LogP contribution < -0.4 is 21.5 Å². The molecule has 3 heterocycles. The van der Waals surface area contributed by atoms with E-state index >= 15 is 0 Å². The lowest BCUT2D eigenvalue weighted by Crippen LogP contribution is -2.35. The molecule has 126 valence electrons. The first kappa shape index (κ1) is 16.0. The Hall–Kier alpha value is -2.90. The highest BCUT2D eigenvalue weighted by Crippen LogP contribution is 2.29. The zero-order valence-electron chi connectivity index (χ0n) is 13.6. The maximum atomic E-state index is 12.0. The van der Waals surface area contributed by atoms with E-state index in [1.54, 1.807) is 24.4 Å². The maximum Gasteiger partial charge on any atom is 0.288 e. The Morgan fingerprint density at radius 3 is 2.75 bits per heavy atom. The van der Waals surface area contributed by atoms with E-state index in [1.807, 2.05) is 0 Å². The van der Waals surface area contributed by atoms with Crippen LogP contribution in [-0.4, -0.2) is 33.9 Å². The number of hydrogen-bond donors (Lipinski definition) is 3. The lowest BCUT2D eigenvalue weighted by atomic mass is 9.99. The van der Waals surface area contributed by atoms with E-state index < -0.39 is 0 Å². The van der Waals surface area contributed by atoms with Crippen molar-refractivity contribution in [2.45, 2.75) is 19.8 Å². The van der Waals surface area contributed by atoms with E-state index in [-0.39, 0.29) is 5.91 Å². The minimum Gasteiger partial charge on any atom is -0.393 e. The van der Waals surface area contributed by atoms with Crippen molar-refractivity contribution < 1.29 is 4.79 Å². The molecule has 4 N–H and O–H groups in total. The second-order valence-electron chi connectivity index (χ2n) is 5.92. The molecule has 0 bridgehead atoms. The molecule has 8 nitrogen and oxygen atoms in total. The van der Waals surface area contributed by atoms with Crippen LogP contribution in [0.5, 0.6) is 0 Å². The van der Waals surface area contributed by atoms with Crippen molar-refractivity contribution in [2.24, 2.45) is 5.92 Å². The maximum absolute atomic E-state index is 12.0. The number of hydrazine groups is 1. The van der Waals surface area contributed by atoms with Gasteiger partial charge in [0.25, 0.3) is 5.91 Å². The van der Waals surface area contributed by atoms with E-state index in [9.17, 15) is 4.79 Å². The third-order valence-corrected chi connectivity index (χ3v) is 4.14. The second-order valence-corrected chi connectivity index (χ2v) is 5.92. The molecule has 0 aromatic carbocycles. The summed E-state index contributed by atoms with van der Waals surface area (Å²) < 4.78 is 0. The SMILES string of the molecule is CC1CCN(c2ncnc(NNC(=O)c3ccccn3)c2N)CC1. The molecule has 0 unspecified atom stereocenters. The molecule has 1 saturated heterocycles. The minimum absolute atomic E-state index is 0.308. The fourth-order valence-corrected chi connectivity index (χ4v) is 2.64. The van der Waals surface area contributed by atoms with Crippen molar-refractivity contribution in [3.8, 4) is 0 Å². The summed E-state index contributed by atoms with van der Waals surface area (Å²) in [6, 6.07) is 5.12. The number of pyridine rings is 1. The molecule has 1 aliphatic rings. The van der Waals surface area contributed by atoms with Gasteiger partial charge in [0, 0.05) is 19.3 Å². The molecular formula is C16H21N7O. The highest BCUT2D eigenvalue weighted by Gasteiger charge is 2.20. The number of carbonyl (C=O) groups excluding carboxylic acids is 1. The van der Waals surface area contributed by atoms with Gasteiger partial charge in [-0.3, -0.25) is 20.6 Å². The van der Waals surface area contributed by atoms with Crippen LogP contribution >= 0.6 is 0 Å². The standard InChI is InChI=1S/C16H21N7O/c1-11-5-8-23(9-6-11)15-13(17)14(19-10-20-15)21-22-16(24)12-4-2-3-7-18-12/h2-4,7,10-11H,5-6,8-9,17H2,1H3,(H,22,24)(H,19,20,21). The smallest absolute Gasteiger partial charge is 0.288 e. The van der Waals surface area contributed by atoms with Crippen molar-refractivity contribution >= 4 is 23.2 Å². The molecule has 1 amide bonds. The molecule has 3 rings (SSSR count). The fourth-order valence-electron chi connectivity index (χ4n) is 2.64. The highest BCUT2D eigenvalue weighted by atomic mass is 16.2. The monoisotopic (exact) mass is 327 g/mol. The van der Waals surface area contributed by atoms with Crippen LogP contribution in [0.1, 0.15) is 30.3 Å². The summed E-state index contributed by atoms with van der Waals surface area (Å²) in [5.74, 6) is 1.44. The number of aromatic nitrogens is 3. The van der Waals surface area contributed by atoms with Crippen molar-refractivity contribution in [1.82, 2.24) is 20.4 Å². The lowest BCUT2D eigenvalue weighted by Gasteiger charge is -2.32. The van der Waals surface area contributed by atoms with Gasteiger partial charge in [0.2, 0.25) is 0 Å². The lowest BCUT2D eigenvalue weighted by molar-refractivity contribution is 0.0957. The van der Waals surface area contributed by atoms with Crippen LogP contribution in [0.4, 0.5) is 17.3 Å². The number of piperidine rings is 1. The number of anilines is 3. The molecule has 2 aromatic heterocycles. The van der Waals surface area contributed by atoms with Gasteiger partial charge in [-0.2, -0.15) is 0 Å². The van der Waals surface area contributed by atoms with Gasteiger partial charge in [-0.15, -0.1) is 0 Å². The number of nitrogens with one attached hydrogen (secondary N) is 2. The first-order valence-electron chi connectivity index (χ1n) is 7.98. The summed E-state index contributed by atoms with van der Waals surface area (Å²) in [6.07, 6.45) is 5.23. The van der Waals surface area contributed by atoms with Crippen LogP contribution in [0.15, 0.2) is 30.7 Å². The Kier molecular flexibility index (Phi) is 4.74. The Balaban J connectivity index is 1.68. The number of nitrogen functional groups attached to an aromatic ring is 1. The largest absolute Gasteiger partial charge is 0.393 e. The van der Waals surface area contributed by atoms with E-state index in [0.29, 0.717) is 23.0 Å². The van der Waals surface area contributed by atoms with Crippen LogP contribution in [-0.2, 0) is 0 Å². The Morgan fingerprint density at radius 2 is 2.04 bits per heavy atom. The normalized spacial score (nSPS) is 15.1. The minimum atomic E-state index is -0.359. The summed E-state index contributed by atoms with van der Waals surface area (Å²) >= 11 is 0. The van der Waals surface area contributed by atoms with Crippen LogP contribution in [0, 0.1) is 5.92 Å². The molecule has 0 radical (unpaired) electrons. The topological polar surface area (TPSA) is 109 Å². The van der Waals surface area contributed by atoms with Gasteiger partial charge in [0.1, 0.15) is 17.7 Å². The highest BCUT2D eigenvalue weighted by molar-refractivity contribution is 5.93. The van der Waals surface area contributed by atoms with Crippen molar-refractivity contribution in [3.05, 3.63) is 36.4 Å². The first-order valence-corrected chi connectivity index (χ1v) is 7.98. The van der Waals surface area contributed by atoms with E-state index in [0.717, 1.165) is 31.8 Å². The Bertz CT molecular complexity index is 699. The van der Waals surface area contributed by atoms with Crippen LogP contribution in [0.3, 0.4) is 0 Å². The first-order chi connectivity index (χ1) is 11.6. The van der Waals surface area contributed by atoms with Crippen LogP contribution in [0.25, 0.3) is 0 Å².